The van der Waals surface area contributed by atoms with E-state index in [0.717, 1.165) is 31.4 Å². The first-order valence-corrected chi connectivity index (χ1v) is 6.04. The lowest BCUT2D eigenvalue weighted by atomic mass is 9.94. The molecule has 0 aromatic heterocycles. The minimum absolute atomic E-state index is 0.279. The molecule has 0 aliphatic rings. The molecule has 1 aromatic carbocycles. The van der Waals surface area contributed by atoms with Crippen LogP contribution in [-0.4, -0.2) is 17.2 Å². The lowest BCUT2D eigenvalue weighted by Crippen LogP contribution is -2.41. The molecule has 1 rings (SSSR count). The molecular weight excluding hydrogens is 212 g/mol. The van der Waals surface area contributed by atoms with Crippen LogP contribution in [0.1, 0.15) is 32.3 Å². The van der Waals surface area contributed by atoms with Crippen molar-refractivity contribution < 1.29 is 5.11 Å². The lowest BCUT2D eigenvalue weighted by Gasteiger charge is -2.23. The van der Waals surface area contributed by atoms with E-state index in [2.05, 4.69) is 18.3 Å². The van der Waals surface area contributed by atoms with Crippen LogP contribution >= 0.6 is 0 Å². The molecule has 1 unspecified atom stereocenters. The molecule has 0 aliphatic heterocycles. The molecule has 17 heavy (non-hydrogen) atoms. The first-order chi connectivity index (χ1) is 8.09. The molecule has 3 nitrogen and oxygen atoms in total. The van der Waals surface area contributed by atoms with Gasteiger partial charge >= 0.3 is 0 Å². The minimum atomic E-state index is -0.464. The lowest BCUT2D eigenvalue weighted by molar-refractivity contribution is 0.418. The molecule has 0 heterocycles. The fraction of sp³-hybridized carbons (Fsp3) is 0.500. The predicted octanol–water partition coefficient (Wildman–Crippen LogP) is 2.61. The van der Waals surface area contributed by atoms with Crippen molar-refractivity contribution in [3.05, 3.63) is 29.8 Å². The Morgan fingerprint density at radius 3 is 2.53 bits per heavy atom. The van der Waals surface area contributed by atoms with Crippen LogP contribution in [0.25, 0.3) is 0 Å². The summed E-state index contributed by atoms with van der Waals surface area (Å²) in [5.74, 6) is 0.279. The Balaban J connectivity index is 2.53. The highest BCUT2D eigenvalue weighted by Gasteiger charge is 2.21. The number of hydrogen-bond acceptors (Lipinski definition) is 3. The zero-order chi connectivity index (χ0) is 12.7. The summed E-state index contributed by atoms with van der Waals surface area (Å²) in [6.07, 6.45) is 2.63. The molecule has 0 saturated heterocycles. The number of phenols is 1. The van der Waals surface area contributed by atoms with E-state index in [1.165, 1.54) is 0 Å². The van der Waals surface area contributed by atoms with Crippen LogP contribution in [0.2, 0.25) is 0 Å². The van der Waals surface area contributed by atoms with E-state index in [9.17, 15) is 10.4 Å². The highest BCUT2D eigenvalue weighted by molar-refractivity contribution is 5.26. The van der Waals surface area contributed by atoms with Gasteiger partial charge < -0.3 is 5.11 Å². The number of aromatic hydroxyl groups is 1. The Labute approximate surface area is 103 Å². The summed E-state index contributed by atoms with van der Waals surface area (Å²) in [6, 6.07) is 9.48. The number of benzene rings is 1. The van der Waals surface area contributed by atoms with Gasteiger partial charge in [-0.3, -0.25) is 5.32 Å². The zero-order valence-electron chi connectivity index (χ0n) is 10.5. The average Bonchev–Trinajstić information content (AvgIpc) is 2.36. The third kappa shape index (κ3) is 4.46. The summed E-state index contributed by atoms with van der Waals surface area (Å²) in [4.78, 5) is 0. The number of rotatable bonds is 6. The van der Waals surface area contributed by atoms with Gasteiger partial charge in [-0.05, 0) is 50.4 Å². The Morgan fingerprint density at radius 2 is 2.00 bits per heavy atom. The number of hydrogen-bond donors (Lipinski definition) is 2. The van der Waals surface area contributed by atoms with Crippen molar-refractivity contribution in [2.24, 2.45) is 0 Å². The van der Waals surface area contributed by atoms with Crippen LogP contribution in [0.5, 0.6) is 5.75 Å². The summed E-state index contributed by atoms with van der Waals surface area (Å²) in [5, 5.41) is 21.6. The number of nitrogens with zero attached hydrogens (tertiary/aromatic N) is 1. The van der Waals surface area contributed by atoms with E-state index >= 15 is 0 Å². The van der Waals surface area contributed by atoms with Gasteiger partial charge in [-0.2, -0.15) is 5.26 Å². The molecule has 0 saturated carbocycles. The Hall–Kier alpha value is -1.53. The maximum atomic E-state index is 9.18. The largest absolute Gasteiger partial charge is 0.508 e. The summed E-state index contributed by atoms with van der Waals surface area (Å²) >= 11 is 0. The van der Waals surface area contributed by atoms with E-state index < -0.39 is 5.54 Å². The molecule has 0 bridgehead atoms. The normalized spacial score (nSPS) is 13.9. The average molecular weight is 232 g/mol. The van der Waals surface area contributed by atoms with Crippen molar-refractivity contribution >= 4 is 0 Å². The molecule has 3 heteroatoms. The second kappa shape index (κ2) is 6.27. The fourth-order valence-electron chi connectivity index (χ4n) is 1.64. The van der Waals surface area contributed by atoms with Crippen LogP contribution in [0.4, 0.5) is 0 Å². The third-order valence-electron chi connectivity index (χ3n) is 2.86. The molecule has 0 amide bonds. The minimum Gasteiger partial charge on any atom is -0.508 e. The van der Waals surface area contributed by atoms with E-state index in [-0.39, 0.29) is 5.75 Å². The Bertz CT molecular complexity index is 380. The van der Waals surface area contributed by atoms with Crippen molar-refractivity contribution in [2.75, 3.05) is 6.54 Å². The number of nitrogens with one attached hydrogen (secondary N) is 1. The summed E-state index contributed by atoms with van der Waals surface area (Å²) in [5.41, 5.74) is 0.677. The molecule has 0 fully saturated rings. The standard InChI is InChI=1S/C14H20N2O/c1-3-10-16-14(2,11-15)9-8-12-4-6-13(17)7-5-12/h4-7,16-17H,3,8-10H2,1-2H3. The van der Waals surface area contributed by atoms with E-state index in [1.54, 1.807) is 12.1 Å². The van der Waals surface area contributed by atoms with Gasteiger partial charge in [0.2, 0.25) is 0 Å². The van der Waals surface area contributed by atoms with Crippen LogP contribution < -0.4 is 5.32 Å². The molecule has 0 radical (unpaired) electrons. The van der Waals surface area contributed by atoms with Crippen molar-refractivity contribution in [2.45, 2.75) is 38.6 Å². The molecular formula is C14H20N2O. The van der Waals surface area contributed by atoms with Crippen molar-refractivity contribution in [1.29, 1.82) is 5.26 Å². The Morgan fingerprint density at radius 1 is 1.35 bits per heavy atom. The quantitative estimate of drug-likeness (QED) is 0.792. The van der Waals surface area contributed by atoms with Gasteiger partial charge in [-0.15, -0.1) is 0 Å². The topological polar surface area (TPSA) is 56.0 Å². The van der Waals surface area contributed by atoms with Crippen LogP contribution in [0, 0.1) is 11.3 Å². The van der Waals surface area contributed by atoms with Crippen molar-refractivity contribution in [3.8, 4) is 11.8 Å². The van der Waals surface area contributed by atoms with Gasteiger partial charge in [0, 0.05) is 0 Å². The van der Waals surface area contributed by atoms with E-state index in [4.69, 9.17) is 0 Å². The van der Waals surface area contributed by atoms with Gasteiger partial charge in [0.25, 0.3) is 0 Å². The van der Waals surface area contributed by atoms with Gasteiger partial charge in [-0.1, -0.05) is 19.1 Å². The smallest absolute Gasteiger partial charge is 0.115 e. The fourth-order valence-corrected chi connectivity index (χ4v) is 1.64. The molecule has 92 valence electrons. The molecule has 2 N–H and O–H groups in total. The van der Waals surface area contributed by atoms with Gasteiger partial charge in [0.1, 0.15) is 11.3 Å². The summed E-state index contributed by atoms with van der Waals surface area (Å²) < 4.78 is 0. The second-order valence-electron chi connectivity index (χ2n) is 4.54. The SMILES string of the molecule is CCCNC(C)(C#N)CCc1ccc(O)cc1. The van der Waals surface area contributed by atoms with Gasteiger partial charge in [0.15, 0.2) is 0 Å². The zero-order valence-corrected chi connectivity index (χ0v) is 10.5. The predicted molar refractivity (Wildman–Crippen MR) is 68.7 cm³/mol. The van der Waals surface area contributed by atoms with Gasteiger partial charge in [0.05, 0.1) is 6.07 Å². The maximum absolute atomic E-state index is 9.18. The first kappa shape index (κ1) is 13.5. The summed E-state index contributed by atoms with van der Waals surface area (Å²) in [6.45, 7) is 4.88. The maximum Gasteiger partial charge on any atom is 0.115 e. The monoisotopic (exact) mass is 232 g/mol. The number of aryl methyl sites for hydroxylation is 1. The van der Waals surface area contributed by atoms with Crippen LogP contribution in [-0.2, 0) is 6.42 Å². The van der Waals surface area contributed by atoms with Gasteiger partial charge in [-0.25, -0.2) is 0 Å². The van der Waals surface area contributed by atoms with Crippen molar-refractivity contribution in [3.63, 3.8) is 0 Å². The summed E-state index contributed by atoms with van der Waals surface area (Å²) in [7, 11) is 0. The van der Waals surface area contributed by atoms with E-state index in [1.807, 2.05) is 19.1 Å². The van der Waals surface area contributed by atoms with Crippen molar-refractivity contribution in [1.82, 2.24) is 5.32 Å². The van der Waals surface area contributed by atoms with E-state index in [0.29, 0.717) is 0 Å². The van der Waals surface area contributed by atoms with Crippen LogP contribution in [0.15, 0.2) is 24.3 Å². The molecule has 1 aromatic rings. The first-order valence-electron chi connectivity index (χ1n) is 6.04. The second-order valence-corrected chi connectivity index (χ2v) is 4.54. The third-order valence-corrected chi connectivity index (χ3v) is 2.86. The number of nitriles is 1. The molecule has 0 aliphatic carbocycles. The van der Waals surface area contributed by atoms with Crippen LogP contribution in [0.3, 0.4) is 0 Å². The molecule has 0 spiro atoms. The number of phenolic OH excluding ortho intramolecular Hbond substituents is 1. The molecule has 1 atom stereocenters. The highest BCUT2D eigenvalue weighted by Crippen LogP contribution is 2.16. The Kier molecular flexibility index (Phi) is 4.99. The highest BCUT2D eigenvalue weighted by atomic mass is 16.3.